The molecule has 162 valence electrons. The van der Waals surface area contributed by atoms with E-state index in [1.807, 2.05) is 31.2 Å². The minimum Gasteiger partial charge on any atom is -0.463 e. The Labute approximate surface area is 184 Å². The number of aryl methyl sites for hydroxylation is 1. The van der Waals surface area contributed by atoms with E-state index in [9.17, 15) is 9.59 Å². The Morgan fingerprint density at radius 1 is 1.16 bits per heavy atom. The highest BCUT2D eigenvalue weighted by Crippen LogP contribution is 2.31. The number of amides is 2. The molecule has 1 unspecified atom stereocenters. The van der Waals surface area contributed by atoms with E-state index in [0.717, 1.165) is 24.1 Å². The van der Waals surface area contributed by atoms with Crippen molar-refractivity contribution in [2.75, 3.05) is 5.32 Å². The standard InChI is InChI=1S/C24H22N4O4/c1-13(15-7-9-17(10-8-15)26-22(29)16-5-6-16)25-23(30)18-12-19(20-4-3-11-31-20)27-24-21(18)14(2)28-32-24/h3-4,7-13,16H,5-6H2,1-2H3,(H,25,30)(H,26,29). The summed E-state index contributed by atoms with van der Waals surface area (Å²) >= 11 is 0. The van der Waals surface area contributed by atoms with Crippen molar-refractivity contribution in [2.45, 2.75) is 32.7 Å². The van der Waals surface area contributed by atoms with E-state index < -0.39 is 0 Å². The number of hydrogen-bond donors (Lipinski definition) is 2. The van der Waals surface area contributed by atoms with Crippen LogP contribution in [-0.2, 0) is 4.79 Å². The first-order chi connectivity index (χ1) is 15.5. The maximum Gasteiger partial charge on any atom is 0.259 e. The van der Waals surface area contributed by atoms with Crippen LogP contribution in [0.5, 0.6) is 0 Å². The van der Waals surface area contributed by atoms with Gasteiger partial charge < -0.3 is 19.6 Å². The lowest BCUT2D eigenvalue weighted by Crippen LogP contribution is -2.27. The number of anilines is 1. The number of nitrogens with zero attached hydrogens (tertiary/aromatic N) is 2. The van der Waals surface area contributed by atoms with Gasteiger partial charge in [0.2, 0.25) is 5.91 Å². The maximum atomic E-state index is 13.2. The van der Waals surface area contributed by atoms with Crippen LogP contribution in [0.25, 0.3) is 22.6 Å². The Morgan fingerprint density at radius 2 is 1.94 bits per heavy atom. The lowest BCUT2D eigenvalue weighted by atomic mass is 10.1. The number of nitrogens with one attached hydrogen (secondary N) is 2. The molecule has 2 amide bonds. The molecule has 1 fully saturated rings. The molecule has 0 radical (unpaired) electrons. The van der Waals surface area contributed by atoms with E-state index in [4.69, 9.17) is 8.94 Å². The molecule has 32 heavy (non-hydrogen) atoms. The Balaban J connectivity index is 1.37. The summed E-state index contributed by atoms with van der Waals surface area (Å²) in [5.74, 6) is 0.483. The smallest absolute Gasteiger partial charge is 0.259 e. The van der Waals surface area contributed by atoms with Crippen LogP contribution in [0.2, 0.25) is 0 Å². The minimum atomic E-state index is -0.268. The number of benzene rings is 1. The number of aromatic nitrogens is 2. The average Bonchev–Trinajstić information content (AvgIpc) is 3.38. The summed E-state index contributed by atoms with van der Waals surface area (Å²) in [6, 6.07) is 12.4. The monoisotopic (exact) mass is 430 g/mol. The van der Waals surface area contributed by atoms with Gasteiger partial charge in [0, 0.05) is 11.6 Å². The Kier molecular flexibility index (Phi) is 4.97. The van der Waals surface area contributed by atoms with Crippen molar-refractivity contribution in [1.82, 2.24) is 15.5 Å². The second-order valence-corrected chi connectivity index (χ2v) is 8.06. The summed E-state index contributed by atoms with van der Waals surface area (Å²) in [6.07, 6.45) is 3.47. The number of hydrogen-bond acceptors (Lipinski definition) is 6. The molecule has 0 bridgehead atoms. The molecular weight excluding hydrogens is 408 g/mol. The SMILES string of the molecule is Cc1noc2nc(-c3ccco3)cc(C(=O)NC(C)c3ccc(NC(=O)C4CC4)cc3)c12. The molecule has 1 saturated carbocycles. The highest BCUT2D eigenvalue weighted by atomic mass is 16.5. The molecule has 5 rings (SSSR count). The van der Waals surface area contributed by atoms with Crippen molar-refractivity contribution in [3.63, 3.8) is 0 Å². The van der Waals surface area contributed by atoms with Crippen molar-refractivity contribution in [3.8, 4) is 11.5 Å². The fourth-order valence-electron chi connectivity index (χ4n) is 3.63. The summed E-state index contributed by atoms with van der Waals surface area (Å²) in [5, 5.41) is 10.5. The summed E-state index contributed by atoms with van der Waals surface area (Å²) in [6.45, 7) is 3.68. The van der Waals surface area contributed by atoms with Crippen LogP contribution < -0.4 is 10.6 Å². The van der Waals surface area contributed by atoms with Gasteiger partial charge in [-0.2, -0.15) is 0 Å². The maximum absolute atomic E-state index is 13.2. The first-order valence-electron chi connectivity index (χ1n) is 10.5. The second-order valence-electron chi connectivity index (χ2n) is 8.06. The molecule has 0 spiro atoms. The van der Waals surface area contributed by atoms with Gasteiger partial charge >= 0.3 is 0 Å². The predicted octanol–water partition coefficient (Wildman–Crippen LogP) is 4.63. The third kappa shape index (κ3) is 3.87. The predicted molar refractivity (Wildman–Crippen MR) is 118 cm³/mol. The van der Waals surface area contributed by atoms with E-state index in [-0.39, 0.29) is 29.5 Å². The van der Waals surface area contributed by atoms with Gasteiger partial charge in [-0.3, -0.25) is 9.59 Å². The number of furan rings is 1. The Morgan fingerprint density at radius 3 is 2.62 bits per heavy atom. The van der Waals surface area contributed by atoms with Gasteiger partial charge in [0.25, 0.3) is 11.6 Å². The molecular formula is C24H22N4O4. The van der Waals surface area contributed by atoms with Crippen LogP contribution >= 0.6 is 0 Å². The number of carbonyl (C=O) groups is 2. The van der Waals surface area contributed by atoms with Gasteiger partial charge in [0.15, 0.2) is 5.76 Å². The molecule has 0 aliphatic heterocycles. The highest BCUT2D eigenvalue weighted by molar-refractivity contribution is 6.07. The number of rotatable bonds is 6. The first-order valence-corrected chi connectivity index (χ1v) is 10.5. The number of pyridine rings is 1. The molecule has 8 heteroatoms. The van der Waals surface area contributed by atoms with Crippen molar-refractivity contribution in [2.24, 2.45) is 5.92 Å². The third-order valence-corrected chi connectivity index (χ3v) is 5.61. The molecule has 0 saturated heterocycles. The van der Waals surface area contributed by atoms with Crippen molar-refractivity contribution in [3.05, 3.63) is 65.5 Å². The molecule has 1 aliphatic carbocycles. The molecule has 8 nitrogen and oxygen atoms in total. The first kappa shape index (κ1) is 20.0. The number of carbonyl (C=O) groups excluding carboxylic acids is 2. The highest BCUT2D eigenvalue weighted by Gasteiger charge is 2.29. The fourth-order valence-corrected chi connectivity index (χ4v) is 3.63. The lowest BCUT2D eigenvalue weighted by Gasteiger charge is -2.16. The van der Waals surface area contributed by atoms with Crippen molar-refractivity contribution < 1.29 is 18.5 Å². The zero-order valence-electron chi connectivity index (χ0n) is 17.7. The van der Waals surface area contributed by atoms with Gasteiger partial charge in [-0.25, -0.2) is 4.98 Å². The molecule has 4 aromatic rings. The summed E-state index contributed by atoms with van der Waals surface area (Å²) in [5.41, 5.74) is 3.45. The van der Waals surface area contributed by atoms with Crippen LogP contribution in [0.1, 0.15) is 47.4 Å². The average molecular weight is 430 g/mol. The molecule has 1 aromatic carbocycles. The van der Waals surface area contributed by atoms with Gasteiger partial charge in [-0.05, 0) is 62.6 Å². The van der Waals surface area contributed by atoms with Gasteiger partial charge in [-0.15, -0.1) is 0 Å². The molecule has 2 N–H and O–H groups in total. The third-order valence-electron chi connectivity index (χ3n) is 5.61. The summed E-state index contributed by atoms with van der Waals surface area (Å²) < 4.78 is 10.7. The van der Waals surface area contributed by atoms with E-state index in [1.165, 1.54) is 0 Å². The largest absolute Gasteiger partial charge is 0.463 e. The lowest BCUT2D eigenvalue weighted by molar-refractivity contribution is -0.117. The molecule has 1 atom stereocenters. The summed E-state index contributed by atoms with van der Waals surface area (Å²) in [7, 11) is 0. The quantitative estimate of drug-likeness (QED) is 0.461. The van der Waals surface area contributed by atoms with Crippen molar-refractivity contribution in [1.29, 1.82) is 0 Å². The molecule has 3 aromatic heterocycles. The van der Waals surface area contributed by atoms with E-state index in [2.05, 4.69) is 20.8 Å². The van der Waals surface area contributed by atoms with E-state index in [1.54, 1.807) is 31.4 Å². The summed E-state index contributed by atoms with van der Waals surface area (Å²) in [4.78, 5) is 29.6. The Hall–Kier alpha value is -3.94. The zero-order valence-corrected chi connectivity index (χ0v) is 17.7. The van der Waals surface area contributed by atoms with Crippen molar-refractivity contribution >= 4 is 28.6 Å². The van der Waals surface area contributed by atoms with E-state index in [0.29, 0.717) is 28.1 Å². The van der Waals surface area contributed by atoms with Crippen LogP contribution in [0, 0.1) is 12.8 Å². The van der Waals surface area contributed by atoms with Crippen LogP contribution in [0.4, 0.5) is 5.69 Å². The van der Waals surface area contributed by atoms with Gasteiger partial charge in [0.05, 0.1) is 28.9 Å². The topological polar surface area (TPSA) is 110 Å². The fraction of sp³-hybridized carbons (Fsp3) is 0.250. The number of fused-ring (bicyclic) bond motifs is 1. The molecule has 3 heterocycles. The van der Waals surface area contributed by atoms with Gasteiger partial charge in [-0.1, -0.05) is 17.3 Å². The van der Waals surface area contributed by atoms with Crippen LogP contribution in [0.3, 0.4) is 0 Å². The second kappa shape index (κ2) is 7.96. The van der Waals surface area contributed by atoms with Gasteiger partial charge in [0.1, 0.15) is 5.69 Å². The van der Waals surface area contributed by atoms with E-state index >= 15 is 0 Å². The normalized spacial score (nSPS) is 14.3. The van der Waals surface area contributed by atoms with Crippen LogP contribution in [0.15, 0.2) is 57.7 Å². The zero-order chi connectivity index (χ0) is 22.2. The van der Waals surface area contributed by atoms with Crippen LogP contribution in [-0.4, -0.2) is 22.0 Å². The minimum absolute atomic E-state index is 0.0669. The molecule has 1 aliphatic rings. The Bertz CT molecular complexity index is 1290.